The molecule has 5 rings (SSSR count). The zero-order valence-corrected chi connectivity index (χ0v) is 24.9. The Morgan fingerprint density at radius 1 is 0.512 bits per heavy atom. The zero-order chi connectivity index (χ0) is 28.8. The fourth-order valence-corrected chi connectivity index (χ4v) is 5.11. The summed E-state index contributed by atoms with van der Waals surface area (Å²) in [5.74, 6) is 0.894. The molecule has 0 saturated carbocycles. The van der Waals surface area contributed by atoms with E-state index in [0.29, 0.717) is 6.61 Å². The van der Waals surface area contributed by atoms with Crippen molar-refractivity contribution < 1.29 is 4.74 Å². The van der Waals surface area contributed by atoms with Gasteiger partial charge >= 0.3 is 0 Å². The van der Waals surface area contributed by atoms with E-state index >= 15 is 0 Å². The molecule has 5 aromatic rings. The third kappa shape index (κ3) is 6.63. The molecular weight excluding hydrogens is 500 g/mol. The Balaban J connectivity index is 1.31. The smallest absolute Gasteiger partial charge is 0.119 e. The van der Waals surface area contributed by atoms with E-state index in [1.54, 1.807) is 0 Å². The Morgan fingerprint density at radius 3 is 1.54 bits per heavy atom. The number of rotatable bonds is 10. The van der Waals surface area contributed by atoms with Crippen molar-refractivity contribution >= 4 is 22.7 Å². The van der Waals surface area contributed by atoms with Gasteiger partial charge in [0.05, 0.1) is 6.54 Å². The van der Waals surface area contributed by atoms with E-state index in [2.05, 4.69) is 160 Å². The standard InChI is InChI=1S/C38H40N2O/c1-6-39(34-10-8-7-9-11-34)24-25-41-38-22-16-33(17-23-38)32-14-20-35(21-15-32)40(36-18-12-28(2)30(4)26-36)37-19-13-29(3)31(5)27-37/h7-23,26-27H,6,24-25H2,1-5H3. The number of hydrogen-bond acceptors (Lipinski definition) is 3. The Labute approximate surface area is 245 Å². The molecule has 0 radical (unpaired) electrons. The molecule has 0 atom stereocenters. The van der Waals surface area contributed by atoms with Crippen molar-refractivity contribution in [3.63, 3.8) is 0 Å². The molecule has 0 aliphatic heterocycles. The van der Waals surface area contributed by atoms with Gasteiger partial charge in [0.2, 0.25) is 0 Å². The van der Waals surface area contributed by atoms with Crippen molar-refractivity contribution in [1.82, 2.24) is 0 Å². The summed E-state index contributed by atoms with van der Waals surface area (Å²) >= 11 is 0. The summed E-state index contributed by atoms with van der Waals surface area (Å²) in [6, 6.07) is 41.1. The van der Waals surface area contributed by atoms with Crippen LogP contribution in [0.15, 0.2) is 115 Å². The predicted octanol–water partition coefficient (Wildman–Crippen LogP) is 9.96. The summed E-state index contributed by atoms with van der Waals surface area (Å²) in [5.41, 5.74) is 12.2. The Kier molecular flexibility index (Phi) is 8.74. The number of benzene rings is 5. The fraction of sp³-hybridized carbons (Fsp3) is 0.211. The Bertz CT molecular complexity index is 1520. The summed E-state index contributed by atoms with van der Waals surface area (Å²) in [4.78, 5) is 4.67. The van der Waals surface area contributed by atoms with Gasteiger partial charge < -0.3 is 14.5 Å². The van der Waals surface area contributed by atoms with Gasteiger partial charge in [0.15, 0.2) is 0 Å². The molecule has 0 spiro atoms. The van der Waals surface area contributed by atoms with Crippen LogP contribution in [0.1, 0.15) is 29.2 Å². The molecule has 0 saturated heterocycles. The first-order chi connectivity index (χ1) is 19.9. The van der Waals surface area contributed by atoms with Gasteiger partial charge in [-0.25, -0.2) is 0 Å². The number of nitrogens with zero attached hydrogens (tertiary/aromatic N) is 2. The maximum absolute atomic E-state index is 6.09. The van der Waals surface area contributed by atoms with Crippen LogP contribution in [-0.2, 0) is 0 Å². The van der Waals surface area contributed by atoms with E-state index in [9.17, 15) is 0 Å². The van der Waals surface area contributed by atoms with Crippen molar-refractivity contribution in [2.75, 3.05) is 29.5 Å². The first-order valence-electron chi connectivity index (χ1n) is 14.5. The van der Waals surface area contributed by atoms with Gasteiger partial charge in [-0.05, 0) is 129 Å². The molecule has 5 aromatic carbocycles. The highest BCUT2D eigenvalue weighted by atomic mass is 16.5. The van der Waals surface area contributed by atoms with Crippen LogP contribution in [0.2, 0.25) is 0 Å². The minimum absolute atomic E-state index is 0.642. The molecule has 0 aliphatic carbocycles. The molecule has 0 fully saturated rings. The van der Waals surface area contributed by atoms with E-state index in [4.69, 9.17) is 4.74 Å². The average molecular weight is 541 g/mol. The van der Waals surface area contributed by atoms with Crippen LogP contribution in [0.25, 0.3) is 11.1 Å². The minimum atomic E-state index is 0.642. The highest BCUT2D eigenvalue weighted by Crippen LogP contribution is 2.37. The van der Waals surface area contributed by atoms with Crippen molar-refractivity contribution in [3.05, 3.63) is 138 Å². The second-order valence-corrected chi connectivity index (χ2v) is 10.7. The van der Waals surface area contributed by atoms with Crippen LogP contribution in [0, 0.1) is 27.7 Å². The normalized spacial score (nSPS) is 10.9. The third-order valence-corrected chi connectivity index (χ3v) is 7.94. The maximum atomic E-state index is 6.09. The van der Waals surface area contributed by atoms with Gasteiger partial charge in [0.25, 0.3) is 0 Å². The van der Waals surface area contributed by atoms with Gasteiger partial charge in [0, 0.05) is 29.3 Å². The summed E-state index contributed by atoms with van der Waals surface area (Å²) in [6.07, 6.45) is 0. The molecule has 0 amide bonds. The number of ether oxygens (including phenoxy) is 1. The molecule has 0 aromatic heterocycles. The average Bonchev–Trinajstić information content (AvgIpc) is 3.00. The largest absolute Gasteiger partial charge is 0.492 e. The lowest BCUT2D eigenvalue weighted by molar-refractivity contribution is 0.324. The molecular formula is C38H40N2O. The molecule has 208 valence electrons. The van der Waals surface area contributed by atoms with Crippen molar-refractivity contribution in [3.8, 4) is 16.9 Å². The van der Waals surface area contributed by atoms with Gasteiger partial charge in [0.1, 0.15) is 12.4 Å². The van der Waals surface area contributed by atoms with Crippen molar-refractivity contribution in [2.24, 2.45) is 0 Å². The van der Waals surface area contributed by atoms with Crippen molar-refractivity contribution in [1.29, 1.82) is 0 Å². The lowest BCUT2D eigenvalue weighted by Crippen LogP contribution is -2.27. The van der Waals surface area contributed by atoms with Crippen LogP contribution in [0.5, 0.6) is 5.75 Å². The number of likely N-dealkylation sites (N-methyl/N-ethyl adjacent to an activating group) is 1. The lowest BCUT2D eigenvalue weighted by atomic mass is 10.0. The maximum Gasteiger partial charge on any atom is 0.119 e. The summed E-state index contributed by atoms with van der Waals surface area (Å²) < 4.78 is 6.09. The second-order valence-electron chi connectivity index (χ2n) is 10.7. The lowest BCUT2D eigenvalue weighted by Gasteiger charge is -2.27. The van der Waals surface area contributed by atoms with Crippen LogP contribution < -0.4 is 14.5 Å². The fourth-order valence-electron chi connectivity index (χ4n) is 5.11. The number of anilines is 4. The number of hydrogen-bond donors (Lipinski definition) is 0. The number of para-hydroxylation sites is 1. The molecule has 0 aliphatic rings. The summed E-state index contributed by atoms with van der Waals surface area (Å²) in [5, 5.41) is 0. The first kappa shape index (κ1) is 28.0. The highest BCUT2D eigenvalue weighted by molar-refractivity contribution is 5.79. The number of aryl methyl sites for hydroxylation is 4. The van der Waals surface area contributed by atoms with Crippen LogP contribution >= 0.6 is 0 Å². The van der Waals surface area contributed by atoms with Crippen LogP contribution in [0.4, 0.5) is 22.7 Å². The second kappa shape index (κ2) is 12.8. The molecule has 0 unspecified atom stereocenters. The van der Waals surface area contributed by atoms with Gasteiger partial charge in [-0.2, -0.15) is 0 Å². The molecule has 3 heteroatoms. The first-order valence-corrected chi connectivity index (χ1v) is 14.5. The Morgan fingerprint density at radius 2 is 1.02 bits per heavy atom. The molecule has 41 heavy (non-hydrogen) atoms. The summed E-state index contributed by atoms with van der Waals surface area (Å²) in [6.45, 7) is 13.3. The highest BCUT2D eigenvalue weighted by Gasteiger charge is 2.14. The zero-order valence-electron chi connectivity index (χ0n) is 24.9. The van der Waals surface area contributed by atoms with Crippen LogP contribution in [-0.4, -0.2) is 19.7 Å². The van der Waals surface area contributed by atoms with E-state index < -0.39 is 0 Å². The predicted molar refractivity (Wildman–Crippen MR) is 175 cm³/mol. The minimum Gasteiger partial charge on any atom is -0.492 e. The third-order valence-electron chi connectivity index (χ3n) is 7.94. The Hall–Kier alpha value is -4.50. The molecule has 3 nitrogen and oxygen atoms in total. The SMILES string of the molecule is CCN(CCOc1ccc(-c2ccc(N(c3ccc(C)c(C)c3)c3ccc(C)c(C)c3)cc2)cc1)c1ccccc1. The van der Waals surface area contributed by atoms with E-state index in [-0.39, 0.29) is 0 Å². The van der Waals surface area contributed by atoms with E-state index in [0.717, 1.165) is 24.5 Å². The van der Waals surface area contributed by atoms with Crippen molar-refractivity contribution in [2.45, 2.75) is 34.6 Å². The van der Waals surface area contributed by atoms with E-state index in [1.807, 2.05) is 0 Å². The van der Waals surface area contributed by atoms with Gasteiger partial charge in [-0.15, -0.1) is 0 Å². The molecule has 0 bridgehead atoms. The van der Waals surface area contributed by atoms with Gasteiger partial charge in [-0.3, -0.25) is 0 Å². The van der Waals surface area contributed by atoms with Gasteiger partial charge in [-0.1, -0.05) is 54.6 Å². The van der Waals surface area contributed by atoms with E-state index in [1.165, 1.54) is 50.4 Å². The topological polar surface area (TPSA) is 15.7 Å². The molecule has 0 N–H and O–H groups in total. The quantitative estimate of drug-likeness (QED) is 0.175. The monoisotopic (exact) mass is 540 g/mol. The summed E-state index contributed by atoms with van der Waals surface area (Å²) in [7, 11) is 0. The molecule has 0 heterocycles. The van der Waals surface area contributed by atoms with Crippen LogP contribution in [0.3, 0.4) is 0 Å².